The fourth-order valence-corrected chi connectivity index (χ4v) is 3.20. The smallest absolute Gasteiger partial charge is 0.0237 e. The number of benzene rings is 1. The summed E-state index contributed by atoms with van der Waals surface area (Å²) >= 11 is 0. The minimum absolute atomic E-state index is 0.675. The Morgan fingerprint density at radius 3 is 2.65 bits per heavy atom. The maximum absolute atomic E-state index is 3.72. The van der Waals surface area contributed by atoms with Crippen molar-refractivity contribution >= 4 is 0 Å². The molecule has 0 radical (unpaired) electrons. The van der Waals surface area contributed by atoms with E-state index in [1.54, 1.807) is 0 Å². The van der Waals surface area contributed by atoms with Crippen molar-refractivity contribution in [2.24, 2.45) is 0 Å². The van der Waals surface area contributed by atoms with Gasteiger partial charge in [-0.3, -0.25) is 4.90 Å². The van der Waals surface area contributed by atoms with Crippen LogP contribution < -0.4 is 5.32 Å². The zero-order valence-corrected chi connectivity index (χ0v) is 13.6. The third-order valence-electron chi connectivity index (χ3n) is 4.68. The van der Waals surface area contributed by atoms with Crippen molar-refractivity contribution in [1.29, 1.82) is 0 Å². The SMILES string of the molecule is CCCC1CN(Cc2ccc(C)c(C)c2)C(CC)CN1. The lowest BCUT2D eigenvalue weighted by molar-refractivity contribution is 0.115. The van der Waals surface area contributed by atoms with Crippen LogP contribution in [0.5, 0.6) is 0 Å². The van der Waals surface area contributed by atoms with Gasteiger partial charge >= 0.3 is 0 Å². The Morgan fingerprint density at radius 2 is 2.00 bits per heavy atom. The van der Waals surface area contributed by atoms with Gasteiger partial charge in [0, 0.05) is 31.7 Å². The maximum atomic E-state index is 3.72. The molecule has 1 fully saturated rings. The van der Waals surface area contributed by atoms with E-state index in [0.29, 0.717) is 12.1 Å². The minimum atomic E-state index is 0.675. The predicted molar refractivity (Wildman–Crippen MR) is 87.1 cm³/mol. The van der Waals surface area contributed by atoms with E-state index in [9.17, 15) is 0 Å². The van der Waals surface area contributed by atoms with Crippen LogP contribution in [0.3, 0.4) is 0 Å². The van der Waals surface area contributed by atoms with Crippen LogP contribution in [0.4, 0.5) is 0 Å². The van der Waals surface area contributed by atoms with Gasteiger partial charge in [-0.25, -0.2) is 0 Å². The molecule has 0 aliphatic carbocycles. The summed E-state index contributed by atoms with van der Waals surface area (Å²) in [5.41, 5.74) is 4.27. The highest BCUT2D eigenvalue weighted by atomic mass is 15.2. The fraction of sp³-hybridized carbons (Fsp3) is 0.667. The van der Waals surface area contributed by atoms with Crippen molar-refractivity contribution in [1.82, 2.24) is 10.2 Å². The first-order valence-electron chi connectivity index (χ1n) is 8.17. The Hall–Kier alpha value is -0.860. The number of piperazine rings is 1. The number of hydrogen-bond donors (Lipinski definition) is 1. The third-order valence-corrected chi connectivity index (χ3v) is 4.68. The predicted octanol–water partition coefficient (Wildman–Crippen LogP) is 3.66. The van der Waals surface area contributed by atoms with Gasteiger partial charge in [0.2, 0.25) is 0 Å². The van der Waals surface area contributed by atoms with E-state index in [0.717, 1.165) is 13.1 Å². The van der Waals surface area contributed by atoms with E-state index in [4.69, 9.17) is 0 Å². The molecule has 2 unspecified atom stereocenters. The van der Waals surface area contributed by atoms with Gasteiger partial charge in [0.15, 0.2) is 0 Å². The molecule has 1 aromatic carbocycles. The van der Waals surface area contributed by atoms with Crippen LogP contribution in [0.25, 0.3) is 0 Å². The first-order valence-corrected chi connectivity index (χ1v) is 8.17. The molecule has 20 heavy (non-hydrogen) atoms. The van der Waals surface area contributed by atoms with Crippen LogP contribution in [0.2, 0.25) is 0 Å². The molecule has 112 valence electrons. The zero-order chi connectivity index (χ0) is 14.5. The van der Waals surface area contributed by atoms with Gasteiger partial charge in [-0.05, 0) is 43.4 Å². The standard InChI is InChI=1S/C18H30N2/c1-5-7-17-13-20(18(6-2)11-19-17)12-16-9-8-14(3)15(4)10-16/h8-10,17-19H,5-7,11-13H2,1-4H3. The van der Waals surface area contributed by atoms with Crippen LogP contribution >= 0.6 is 0 Å². The molecule has 0 aromatic heterocycles. The second kappa shape index (κ2) is 7.24. The van der Waals surface area contributed by atoms with E-state index >= 15 is 0 Å². The van der Waals surface area contributed by atoms with Gasteiger partial charge in [0.1, 0.15) is 0 Å². The van der Waals surface area contributed by atoms with Crippen molar-refractivity contribution in [3.05, 3.63) is 34.9 Å². The van der Waals surface area contributed by atoms with Crippen LogP contribution in [-0.4, -0.2) is 30.1 Å². The Bertz CT molecular complexity index is 427. The number of rotatable bonds is 5. The second-order valence-electron chi connectivity index (χ2n) is 6.30. The Labute approximate surface area is 124 Å². The Kier molecular flexibility index (Phi) is 5.62. The molecule has 2 heteroatoms. The van der Waals surface area contributed by atoms with Crippen LogP contribution in [0, 0.1) is 13.8 Å². The van der Waals surface area contributed by atoms with E-state index in [2.05, 4.69) is 56.1 Å². The molecule has 2 rings (SSSR count). The van der Waals surface area contributed by atoms with E-state index in [1.807, 2.05) is 0 Å². The molecule has 2 atom stereocenters. The second-order valence-corrected chi connectivity index (χ2v) is 6.30. The summed E-state index contributed by atoms with van der Waals surface area (Å²) in [5, 5.41) is 3.72. The first-order chi connectivity index (χ1) is 9.63. The highest BCUT2D eigenvalue weighted by Gasteiger charge is 2.26. The average Bonchev–Trinajstić information content (AvgIpc) is 2.44. The van der Waals surface area contributed by atoms with Crippen molar-refractivity contribution in [3.63, 3.8) is 0 Å². The highest BCUT2D eigenvalue weighted by molar-refractivity contribution is 5.29. The summed E-state index contributed by atoms with van der Waals surface area (Å²) < 4.78 is 0. The summed E-state index contributed by atoms with van der Waals surface area (Å²) in [6, 6.07) is 8.28. The van der Waals surface area contributed by atoms with Crippen LogP contribution in [0.15, 0.2) is 18.2 Å². The van der Waals surface area contributed by atoms with E-state index in [1.165, 1.54) is 42.5 Å². The number of hydrogen-bond acceptors (Lipinski definition) is 2. The third kappa shape index (κ3) is 3.83. The van der Waals surface area contributed by atoms with Crippen LogP contribution in [0.1, 0.15) is 49.8 Å². The summed E-state index contributed by atoms with van der Waals surface area (Å²) in [7, 11) is 0. The molecule has 0 spiro atoms. The molecule has 1 saturated heterocycles. The number of nitrogens with zero attached hydrogens (tertiary/aromatic N) is 1. The van der Waals surface area contributed by atoms with Gasteiger partial charge in [-0.15, -0.1) is 0 Å². The van der Waals surface area contributed by atoms with Crippen molar-refractivity contribution in [2.45, 2.75) is 65.6 Å². The van der Waals surface area contributed by atoms with E-state index < -0.39 is 0 Å². The molecular formula is C18H30N2. The lowest BCUT2D eigenvalue weighted by Gasteiger charge is -2.40. The normalized spacial score (nSPS) is 24.0. The minimum Gasteiger partial charge on any atom is -0.311 e. The lowest BCUT2D eigenvalue weighted by Crippen LogP contribution is -2.55. The van der Waals surface area contributed by atoms with Gasteiger partial charge < -0.3 is 5.32 Å². The quantitative estimate of drug-likeness (QED) is 0.881. The molecule has 2 nitrogen and oxygen atoms in total. The molecule has 1 heterocycles. The molecule has 1 N–H and O–H groups in total. The fourth-order valence-electron chi connectivity index (χ4n) is 3.20. The molecular weight excluding hydrogens is 244 g/mol. The molecule has 1 aliphatic heterocycles. The number of nitrogens with one attached hydrogen (secondary N) is 1. The van der Waals surface area contributed by atoms with Crippen LogP contribution in [-0.2, 0) is 6.54 Å². The summed E-state index contributed by atoms with van der Waals surface area (Å²) in [5.74, 6) is 0. The number of aryl methyl sites for hydroxylation is 2. The monoisotopic (exact) mass is 274 g/mol. The summed E-state index contributed by atoms with van der Waals surface area (Å²) in [4.78, 5) is 2.68. The summed E-state index contributed by atoms with van der Waals surface area (Å²) in [6.45, 7) is 12.4. The molecule has 1 aromatic rings. The zero-order valence-electron chi connectivity index (χ0n) is 13.6. The van der Waals surface area contributed by atoms with Crippen molar-refractivity contribution < 1.29 is 0 Å². The summed E-state index contributed by atoms with van der Waals surface area (Å²) in [6.07, 6.45) is 3.79. The molecule has 0 bridgehead atoms. The molecule has 0 amide bonds. The van der Waals surface area contributed by atoms with Crippen molar-refractivity contribution in [2.75, 3.05) is 13.1 Å². The Morgan fingerprint density at radius 1 is 1.20 bits per heavy atom. The molecule has 0 saturated carbocycles. The van der Waals surface area contributed by atoms with Gasteiger partial charge in [-0.1, -0.05) is 38.5 Å². The lowest BCUT2D eigenvalue weighted by atomic mass is 10.0. The molecule has 1 aliphatic rings. The topological polar surface area (TPSA) is 15.3 Å². The Balaban J connectivity index is 2.04. The van der Waals surface area contributed by atoms with Gasteiger partial charge in [-0.2, -0.15) is 0 Å². The van der Waals surface area contributed by atoms with Gasteiger partial charge in [0.05, 0.1) is 0 Å². The average molecular weight is 274 g/mol. The maximum Gasteiger partial charge on any atom is 0.0237 e. The largest absolute Gasteiger partial charge is 0.311 e. The van der Waals surface area contributed by atoms with E-state index in [-0.39, 0.29) is 0 Å². The van der Waals surface area contributed by atoms with Gasteiger partial charge in [0.25, 0.3) is 0 Å². The highest BCUT2D eigenvalue weighted by Crippen LogP contribution is 2.18. The van der Waals surface area contributed by atoms with Crippen molar-refractivity contribution in [3.8, 4) is 0 Å². The first kappa shape index (κ1) is 15.5.